The standard InChI is InChI=1S/C36H62O31/c37-1-13-19(44)25(50)31(56,62-13)8-57-33(27(52)21(46)15(3-39)64-33)10-59-35(29(54)23(48)17(5-41)66-35)12-61-36(30(55)24(49)18(6-42)67-36)11-60-34(28(53)22(47)16(4-40)65-34)9-58-32(7-43)26(51)20(45)14(2-38)63-32/h13-30,37-56H,1-12H2/t13-,14-,15-,16-,17-,18-,19-,20-,21-,22-,23-,24?,25+,26+,27+,28+,29+,30+,31-,32-,33-,34-,35-,36-/m1/s1. The van der Waals surface area contributed by atoms with E-state index in [1.54, 1.807) is 0 Å². The molecule has 0 amide bonds. The molecule has 0 radical (unpaired) electrons. The monoisotopic (exact) mass is 990 g/mol. The van der Waals surface area contributed by atoms with Crippen molar-refractivity contribution in [3.8, 4) is 0 Å². The van der Waals surface area contributed by atoms with Gasteiger partial charge in [-0.05, 0) is 0 Å². The van der Waals surface area contributed by atoms with E-state index in [0.717, 1.165) is 0 Å². The van der Waals surface area contributed by atoms with Gasteiger partial charge in [0.05, 0.1) is 39.6 Å². The van der Waals surface area contributed by atoms with Crippen molar-refractivity contribution in [1.29, 1.82) is 0 Å². The molecule has 0 spiro atoms. The van der Waals surface area contributed by atoms with Crippen molar-refractivity contribution in [2.24, 2.45) is 0 Å². The molecule has 0 bridgehead atoms. The fraction of sp³-hybridized carbons (Fsp3) is 1.00. The van der Waals surface area contributed by atoms with Gasteiger partial charge in [-0.2, -0.15) is 0 Å². The van der Waals surface area contributed by atoms with Crippen LogP contribution in [0.15, 0.2) is 0 Å². The maximum atomic E-state index is 11.5. The van der Waals surface area contributed by atoms with Gasteiger partial charge in [-0.1, -0.05) is 0 Å². The minimum atomic E-state index is -2.89. The molecule has 20 N–H and O–H groups in total. The highest BCUT2D eigenvalue weighted by molar-refractivity contribution is 5.05. The third-order valence-electron chi connectivity index (χ3n) is 12.9. The Morgan fingerprint density at radius 1 is 0.284 bits per heavy atom. The molecule has 6 saturated heterocycles. The van der Waals surface area contributed by atoms with E-state index < -0.39 is 224 Å². The Morgan fingerprint density at radius 2 is 0.493 bits per heavy atom. The predicted molar refractivity (Wildman–Crippen MR) is 199 cm³/mol. The van der Waals surface area contributed by atoms with Crippen molar-refractivity contribution < 1.29 is 154 Å². The SMILES string of the molecule is OC[C@H]1O[C@@](CO[C@]2(CO[C@]3(CO)O[C@H](CO)[C@@H](O)[C@@H]3O)O[C@H](CO)[C@@H](O)[C@@H]2O)(OC[C@@]2(OC[C@@]3(OC[C@@]4(O)O[C@H](CO)[C@@H](O)[C@@H]4O)O[C@H](CO)[C@@H](O)[C@@H]3O)O[C@H](CO)[C@@H](O)[C@@H]2O)[C@@H](O)C1O. The van der Waals surface area contributed by atoms with Gasteiger partial charge in [0.1, 0.15) is 150 Å². The van der Waals surface area contributed by atoms with Crippen molar-refractivity contribution in [3.63, 3.8) is 0 Å². The molecular formula is C36H62O31. The van der Waals surface area contributed by atoms with Crippen LogP contribution >= 0.6 is 0 Å². The van der Waals surface area contributed by atoms with Crippen molar-refractivity contribution in [1.82, 2.24) is 0 Å². The molecular weight excluding hydrogens is 928 g/mol. The van der Waals surface area contributed by atoms with Crippen LogP contribution in [0.5, 0.6) is 0 Å². The van der Waals surface area contributed by atoms with E-state index in [2.05, 4.69) is 0 Å². The molecule has 6 aliphatic rings. The summed E-state index contributed by atoms with van der Waals surface area (Å²) >= 11 is 0. The van der Waals surface area contributed by atoms with Crippen LogP contribution in [0.25, 0.3) is 0 Å². The lowest BCUT2D eigenvalue weighted by Gasteiger charge is -2.42. The molecule has 31 nitrogen and oxygen atoms in total. The molecule has 6 rings (SSSR count). The molecule has 0 aromatic heterocycles. The van der Waals surface area contributed by atoms with Crippen LogP contribution in [0.3, 0.4) is 0 Å². The van der Waals surface area contributed by atoms with Gasteiger partial charge in [0.2, 0.25) is 34.7 Å². The van der Waals surface area contributed by atoms with E-state index in [0.29, 0.717) is 0 Å². The maximum Gasteiger partial charge on any atom is 0.222 e. The molecule has 1 unspecified atom stereocenters. The highest BCUT2D eigenvalue weighted by Crippen LogP contribution is 2.44. The molecule has 392 valence electrons. The Kier molecular flexibility index (Phi) is 17.3. The number of aliphatic hydroxyl groups is 20. The van der Waals surface area contributed by atoms with E-state index >= 15 is 0 Å². The van der Waals surface area contributed by atoms with Crippen LogP contribution in [0.4, 0.5) is 0 Å². The van der Waals surface area contributed by atoms with Gasteiger partial charge in [0, 0.05) is 0 Å². The van der Waals surface area contributed by atoms with Crippen LogP contribution in [0.1, 0.15) is 0 Å². The lowest BCUT2D eigenvalue weighted by Crippen LogP contribution is -2.61. The first-order valence-electron chi connectivity index (χ1n) is 20.9. The van der Waals surface area contributed by atoms with Crippen LogP contribution in [0, 0.1) is 0 Å². The van der Waals surface area contributed by atoms with Crippen molar-refractivity contribution >= 4 is 0 Å². The van der Waals surface area contributed by atoms with Gasteiger partial charge in [-0.3, -0.25) is 0 Å². The average Bonchev–Trinajstić information content (AvgIpc) is 4.05. The molecule has 0 saturated carbocycles. The van der Waals surface area contributed by atoms with Crippen LogP contribution in [-0.2, 0) is 52.1 Å². The number of hydrogen-bond acceptors (Lipinski definition) is 31. The van der Waals surface area contributed by atoms with Crippen molar-refractivity contribution in [2.75, 3.05) is 79.3 Å². The van der Waals surface area contributed by atoms with E-state index in [1.807, 2.05) is 0 Å². The number of ether oxygens (including phenoxy) is 11. The van der Waals surface area contributed by atoms with Crippen LogP contribution in [-0.4, -0.2) is 326 Å². The summed E-state index contributed by atoms with van der Waals surface area (Å²) in [6, 6.07) is 0. The first-order chi connectivity index (χ1) is 31.5. The van der Waals surface area contributed by atoms with Gasteiger partial charge in [-0.15, -0.1) is 0 Å². The Hall–Kier alpha value is -1.24. The molecule has 6 fully saturated rings. The molecule has 6 aliphatic heterocycles. The average molecular weight is 991 g/mol. The minimum Gasteiger partial charge on any atom is -0.394 e. The zero-order valence-electron chi connectivity index (χ0n) is 35.3. The summed E-state index contributed by atoms with van der Waals surface area (Å²) in [6.07, 6.45) is -35.2. The summed E-state index contributed by atoms with van der Waals surface area (Å²) in [5, 5.41) is 211. The Balaban J connectivity index is 1.31. The van der Waals surface area contributed by atoms with E-state index in [4.69, 9.17) is 52.1 Å². The fourth-order valence-corrected chi connectivity index (χ4v) is 8.69. The largest absolute Gasteiger partial charge is 0.394 e. The first-order valence-corrected chi connectivity index (χ1v) is 20.9. The topological polar surface area (TPSA) is 506 Å². The van der Waals surface area contributed by atoms with E-state index in [1.165, 1.54) is 0 Å². The van der Waals surface area contributed by atoms with Crippen LogP contribution in [0.2, 0.25) is 0 Å². The van der Waals surface area contributed by atoms with E-state index in [-0.39, 0.29) is 0 Å². The molecule has 24 atom stereocenters. The first kappa shape index (κ1) is 55.1. The quantitative estimate of drug-likeness (QED) is 0.0479. The molecule has 0 aromatic rings. The Labute approximate surface area is 378 Å². The molecule has 0 aromatic carbocycles. The van der Waals surface area contributed by atoms with Gasteiger partial charge in [0.25, 0.3) is 0 Å². The molecule has 0 aliphatic carbocycles. The van der Waals surface area contributed by atoms with Crippen molar-refractivity contribution in [3.05, 3.63) is 0 Å². The van der Waals surface area contributed by atoms with E-state index in [9.17, 15) is 102 Å². The highest BCUT2D eigenvalue weighted by Gasteiger charge is 2.66. The summed E-state index contributed by atoms with van der Waals surface area (Å²) in [5.41, 5.74) is 0. The fourth-order valence-electron chi connectivity index (χ4n) is 8.69. The third kappa shape index (κ3) is 9.63. The zero-order chi connectivity index (χ0) is 49.7. The third-order valence-corrected chi connectivity index (χ3v) is 12.9. The predicted octanol–water partition coefficient (Wildman–Crippen LogP) is -14.1. The smallest absolute Gasteiger partial charge is 0.222 e. The van der Waals surface area contributed by atoms with Crippen LogP contribution < -0.4 is 0 Å². The summed E-state index contributed by atoms with van der Waals surface area (Å²) in [5.74, 6) is -16.8. The normalized spacial score (nSPS) is 52.3. The molecule has 67 heavy (non-hydrogen) atoms. The summed E-state index contributed by atoms with van der Waals surface area (Å²) < 4.78 is 62.2. The minimum absolute atomic E-state index is 0.884. The highest BCUT2D eigenvalue weighted by atomic mass is 16.8. The second-order valence-corrected chi connectivity index (χ2v) is 17.2. The summed E-state index contributed by atoms with van der Waals surface area (Å²) in [6.45, 7) is -13.5. The molecule has 6 heterocycles. The van der Waals surface area contributed by atoms with Gasteiger partial charge >= 0.3 is 0 Å². The lowest BCUT2D eigenvalue weighted by atomic mass is 10.0. The van der Waals surface area contributed by atoms with Gasteiger partial charge in [0.15, 0.2) is 0 Å². The van der Waals surface area contributed by atoms with Gasteiger partial charge in [-0.25, -0.2) is 0 Å². The van der Waals surface area contributed by atoms with Gasteiger partial charge < -0.3 is 154 Å². The second kappa shape index (κ2) is 21.1. The lowest BCUT2D eigenvalue weighted by molar-refractivity contribution is -0.387. The molecule has 31 heteroatoms. The van der Waals surface area contributed by atoms with Crippen molar-refractivity contribution in [2.45, 2.75) is 145 Å². The maximum absolute atomic E-state index is 11.5. The number of hydrogen-bond donors (Lipinski definition) is 20. The summed E-state index contributed by atoms with van der Waals surface area (Å²) in [7, 11) is 0. The Morgan fingerprint density at radius 3 is 0.731 bits per heavy atom. The Bertz CT molecular complexity index is 1610. The second-order valence-electron chi connectivity index (χ2n) is 17.2. The number of rotatable bonds is 22. The number of aliphatic hydroxyl groups excluding tert-OH is 19. The zero-order valence-corrected chi connectivity index (χ0v) is 35.3. The summed E-state index contributed by atoms with van der Waals surface area (Å²) in [4.78, 5) is 0.